The summed E-state index contributed by atoms with van der Waals surface area (Å²) < 4.78 is 6.87. The van der Waals surface area contributed by atoms with Crippen LogP contribution in [0.25, 0.3) is 21.7 Å². The van der Waals surface area contributed by atoms with Gasteiger partial charge in [-0.05, 0) is 12.3 Å². The van der Waals surface area contributed by atoms with Crippen molar-refractivity contribution < 1.29 is 9.21 Å². The average Bonchev–Trinajstić information content (AvgIpc) is 3.15. The molecule has 0 fully saturated rings. The first-order valence-corrected chi connectivity index (χ1v) is 7.31. The first-order chi connectivity index (χ1) is 11.6. The van der Waals surface area contributed by atoms with Gasteiger partial charge in [-0.3, -0.25) is 4.79 Å². The molecule has 6 heteroatoms. The Balaban J connectivity index is 1.95. The fourth-order valence-corrected chi connectivity index (χ4v) is 2.86. The van der Waals surface area contributed by atoms with Crippen LogP contribution in [0.2, 0.25) is 0 Å². The van der Waals surface area contributed by atoms with Gasteiger partial charge < -0.3 is 10.2 Å². The Labute approximate surface area is 136 Å². The van der Waals surface area contributed by atoms with Gasteiger partial charge in [-0.2, -0.15) is 15.0 Å². The average molecular weight is 316 g/mol. The van der Waals surface area contributed by atoms with E-state index in [9.17, 15) is 4.79 Å². The highest BCUT2D eigenvalue weighted by Gasteiger charge is 2.23. The molecule has 116 valence electrons. The Morgan fingerprint density at radius 2 is 2.04 bits per heavy atom. The van der Waals surface area contributed by atoms with E-state index in [-0.39, 0.29) is 17.1 Å². The molecule has 0 spiro atoms. The molecule has 2 aromatic heterocycles. The van der Waals surface area contributed by atoms with E-state index in [1.807, 2.05) is 49.4 Å². The SMILES string of the molecule is Cc1c(C(=O)n2ncc(C#N)c2N)oc2c1ccc1ccccc12. The maximum Gasteiger partial charge on any atom is 0.316 e. The van der Waals surface area contributed by atoms with Crippen molar-refractivity contribution in [3.05, 3.63) is 59.5 Å². The molecule has 0 radical (unpaired) electrons. The fourth-order valence-electron chi connectivity index (χ4n) is 2.86. The molecule has 6 nitrogen and oxygen atoms in total. The van der Waals surface area contributed by atoms with Crippen molar-refractivity contribution in [3.63, 3.8) is 0 Å². The van der Waals surface area contributed by atoms with Gasteiger partial charge in [0.15, 0.2) is 5.76 Å². The van der Waals surface area contributed by atoms with Gasteiger partial charge in [0.25, 0.3) is 0 Å². The van der Waals surface area contributed by atoms with Crippen LogP contribution in [0.1, 0.15) is 21.7 Å². The Bertz CT molecular complexity index is 1160. The lowest BCUT2D eigenvalue weighted by Crippen LogP contribution is -2.16. The number of nitrogens with two attached hydrogens (primary N) is 1. The standard InChI is InChI=1S/C18H12N4O2/c1-10-13-7-6-11-4-2-3-5-14(11)16(13)24-15(10)18(23)22-17(20)12(8-19)9-21-22/h2-7,9H,20H2,1H3. The van der Waals surface area contributed by atoms with Crippen molar-refractivity contribution in [1.82, 2.24) is 9.78 Å². The highest BCUT2D eigenvalue weighted by atomic mass is 16.3. The number of aryl methyl sites for hydroxylation is 1. The summed E-state index contributed by atoms with van der Waals surface area (Å²) in [6.45, 7) is 1.82. The number of furan rings is 1. The van der Waals surface area contributed by atoms with Gasteiger partial charge in [-0.25, -0.2) is 0 Å². The number of carbonyl (C=O) groups excluding carboxylic acids is 1. The lowest BCUT2D eigenvalue weighted by molar-refractivity contribution is 0.0921. The summed E-state index contributed by atoms with van der Waals surface area (Å²) in [6, 6.07) is 13.6. The van der Waals surface area contributed by atoms with Gasteiger partial charge in [-0.15, -0.1) is 0 Å². The highest BCUT2D eigenvalue weighted by molar-refractivity contribution is 6.09. The molecule has 0 atom stereocenters. The summed E-state index contributed by atoms with van der Waals surface area (Å²) in [4.78, 5) is 12.7. The third-order valence-electron chi connectivity index (χ3n) is 4.14. The number of nitriles is 1. The smallest absolute Gasteiger partial charge is 0.316 e. The molecule has 0 saturated heterocycles. The van der Waals surface area contributed by atoms with Gasteiger partial charge >= 0.3 is 5.91 Å². The van der Waals surface area contributed by atoms with Crippen LogP contribution in [-0.4, -0.2) is 15.7 Å². The monoisotopic (exact) mass is 316 g/mol. The van der Waals surface area contributed by atoms with E-state index in [2.05, 4.69) is 5.10 Å². The van der Waals surface area contributed by atoms with Gasteiger partial charge in [0.1, 0.15) is 23.0 Å². The molecule has 2 N–H and O–H groups in total. The predicted molar refractivity (Wildman–Crippen MR) is 89.5 cm³/mol. The maximum absolute atomic E-state index is 12.7. The van der Waals surface area contributed by atoms with Crippen LogP contribution in [0.5, 0.6) is 0 Å². The van der Waals surface area contributed by atoms with E-state index in [1.165, 1.54) is 6.20 Å². The second-order valence-electron chi connectivity index (χ2n) is 5.49. The summed E-state index contributed by atoms with van der Waals surface area (Å²) in [6.07, 6.45) is 1.26. The molecule has 0 aliphatic heterocycles. The number of rotatable bonds is 1. The van der Waals surface area contributed by atoms with Gasteiger partial charge in [-0.1, -0.05) is 36.4 Å². The van der Waals surface area contributed by atoms with E-state index in [1.54, 1.807) is 0 Å². The molecule has 0 aliphatic rings. The number of anilines is 1. The Kier molecular flexibility index (Phi) is 2.90. The third kappa shape index (κ3) is 1.82. The Morgan fingerprint density at radius 1 is 1.25 bits per heavy atom. The van der Waals surface area contributed by atoms with Crippen LogP contribution in [0.4, 0.5) is 5.82 Å². The van der Waals surface area contributed by atoms with E-state index >= 15 is 0 Å². The second kappa shape index (κ2) is 4.96. The van der Waals surface area contributed by atoms with Crippen molar-refractivity contribution in [2.24, 2.45) is 0 Å². The molecule has 0 unspecified atom stereocenters. The largest absolute Gasteiger partial charge is 0.450 e. The minimum absolute atomic E-state index is 0.00668. The van der Waals surface area contributed by atoms with Crippen molar-refractivity contribution in [2.75, 3.05) is 5.73 Å². The molecular formula is C18H12N4O2. The quantitative estimate of drug-likeness (QED) is 0.581. The van der Waals surface area contributed by atoms with E-state index in [4.69, 9.17) is 15.4 Å². The summed E-state index contributed by atoms with van der Waals surface area (Å²) >= 11 is 0. The van der Waals surface area contributed by atoms with Crippen LogP contribution in [-0.2, 0) is 0 Å². The first kappa shape index (κ1) is 14.0. The van der Waals surface area contributed by atoms with Crippen LogP contribution >= 0.6 is 0 Å². The molecular weight excluding hydrogens is 304 g/mol. The molecule has 2 heterocycles. The Morgan fingerprint density at radius 3 is 2.79 bits per heavy atom. The number of carbonyl (C=O) groups is 1. The first-order valence-electron chi connectivity index (χ1n) is 7.31. The number of nitrogens with zero attached hydrogens (tertiary/aromatic N) is 3. The number of aromatic nitrogens is 2. The minimum atomic E-state index is -0.494. The minimum Gasteiger partial charge on any atom is -0.450 e. The van der Waals surface area contributed by atoms with Gasteiger partial charge in [0.2, 0.25) is 0 Å². The normalized spacial score (nSPS) is 11.0. The topological polar surface area (TPSA) is 97.8 Å². The number of hydrogen-bond acceptors (Lipinski definition) is 5. The lowest BCUT2D eigenvalue weighted by Gasteiger charge is -2.00. The maximum atomic E-state index is 12.7. The van der Waals surface area contributed by atoms with Gasteiger partial charge in [0.05, 0.1) is 6.20 Å². The number of nitrogen functional groups attached to an aromatic ring is 1. The molecule has 4 aromatic rings. The number of benzene rings is 2. The van der Waals surface area contributed by atoms with E-state index in [0.717, 1.165) is 20.8 Å². The van der Waals surface area contributed by atoms with Crippen LogP contribution in [0, 0.1) is 18.3 Å². The lowest BCUT2D eigenvalue weighted by atomic mass is 10.1. The Hall–Kier alpha value is -3.59. The van der Waals surface area contributed by atoms with Gasteiger partial charge in [0, 0.05) is 16.3 Å². The zero-order valence-corrected chi connectivity index (χ0v) is 12.8. The predicted octanol–water partition coefficient (Wildman–Crippen LogP) is 3.23. The summed E-state index contributed by atoms with van der Waals surface area (Å²) in [5, 5.41) is 15.7. The zero-order valence-electron chi connectivity index (χ0n) is 12.8. The molecule has 0 aliphatic carbocycles. The van der Waals surface area contributed by atoms with Crippen LogP contribution in [0.3, 0.4) is 0 Å². The molecule has 24 heavy (non-hydrogen) atoms. The van der Waals surface area contributed by atoms with E-state index < -0.39 is 5.91 Å². The zero-order chi connectivity index (χ0) is 16.8. The second-order valence-corrected chi connectivity index (χ2v) is 5.49. The van der Waals surface area contributed by atoms with Crippen molar-refractivity contribution in [1.29, 1.82) is 5.26 Å². The van der Waals surface area contributed by atoms with Crippen LogP contribution < -0.4 is 5.73 Å². The fraction of sp³-hybridized carbons (Fsp3) is 0.0556. The van der Waals surface area contributed by atoms with Crippen molar-refractivity contribution >= 4 is 33.5 Å². The molecule has 4 rings (SSSR count). The molecule has 0 amide bonds. The number of hydrogen-bond donors (Lipinski definition) is 1. The summed E-state index contributed by atoms with van der Waals surface area (Å²) in [5.74, 6) is -0.320. The highest BCUT2D eigenvalue weighted by Crippen LogP contribution is 2.32. The molecule has 0 bridgehead atoms. The van der Waals surface area contributed by atoms with Crippen LogP contribution in [0.15, 0.2) is 47.0 Å². The molecule has 0 saturated carbocycles. The molecule has 2 aromatic carbocycles. The van der Waals surface area contributed by atoms with Crippen molar-refractivity contribution in [2.45, 2.75) is 6.92 Å². The number of fused-ring (bicyclic) bond motifs is 3. The van der Waals surface area contributed by atoms with Crippen molar-refractivity contribution in [3.8, 4) is 6.07 Å². The van der Waals surface area contributed by atoms with E-state index in [0.29, 0.717) is 11.1 Å². The summed E-state index contributed by atoms with van der Waals surface area (Å²) in [7, 11) is 0. The summed E-state index contributed by atoms with van der Waals surface area (Å²) in [5.41, 5.74) is 7.33. The third-order valence-corrected chi connectivity index (χ3v) is 4.14.